The van der Waals surface area contributed by atoms with Gasteiger partial charge in [-0.15, -0.1) is 0 Å². The normalized spacial score (nSPS) is 21.1. The van der Waals surface area contributed by atoms with Gasteiger partial charge in [0.25, 0.3) is 0 Å². The lowest BCUT2D eigenvalue weighted by Gasteiger charge is -2.46. The van der Waals surface area contributed by atoms with E-state index >= 15 is 0 Å². The van der Waals surface area contributed by atoms with E-state index in [1.54, 1.807) is 6.92 Å². The highest BCUT2D eigenvalue weighted by molar-refractivity contribution is 5.95. The number of rotatable bonds is 4. The number of ether oxygens (including phenoxy) is 1. The van der Waals surface area contributed by atoms with Crippen molar-refractivity contribution < 1.29 is 14.3 Å². The number of nitrogens with zero attached hydrogens (tertiary/aromatic N) is 1. The van der Waals surface area contributed by atoms with Gasteiger partial charge in [0, 0.05) is 18.3 Å². The summed E-state index contributed by atoms with van der Waals surface area (Å²) in [5.74, 6) is 0.530. The number of aryl methyl sites for hydroxylation is 1. The van der Waals surface area contributed by atoms with E-state index < -0.39 is 11.6 Å². The molecule has 0 radical (unpaired) electrons. The molecule has 5 heteroatoms. The summed E-state index contributed by atoms with van der Waals surface area (Å²) >= 11 is 0. The Morgan fingerprint density at radius 1 is 1.17 bits per heavy atom. The summed E-state index contributed by atoms with van der Waals surface area (Å²) in [6.45, 7) is 4.22. The van der Waals surface area contributed by atoms with E-state index in [4.69, 9.17) is 4.74 Å². The molecule has 2 aliphatic rings. The van der Waals surface area contributed by atoms with Crippen molar-refractivity contribution in [2.45, 2.75) is 51.5 Å². The van der Waals surface area contributed by atoms with Gasteiger partial charge in [0.05, 0.1) is 12.1 Å². The SMILES string of the molecule is CC(=O)N1c2ccc(NC(=O)OCC3CCC3)cc2CCC1(C)c1ccccc1. The summed E-state index contributed by atoms with van der Waals surface area (Å²) in [6, 6.07) is 15.9. The highest BCUT2D eigenvalue weighted by atomic mass is 16.5. The van der Waals surface area contributed by atoms with E-state index in [2.05, 4.69) is 24.4 Å². The van der Waals surface area contributed by atoms with E-state index in [0.717, 1.165) is 42.5 Å². The smallest absolute Gasteiger partial charge is 0.411 e. The molecule has 0 spiro atoms. The maximum atomic E-state index is 12.6. The molecule has 2 aromatic rings. The Labute approximate surface area is 172 Å². The minimum atomic E-state index is -0.412. The fraction of sp³-hybridized carbons (Fsp3) is 0.417. The van der Waals surface area contributed by atoms with Crippen LogP contribution in [0.5, 0.6) is 0 Å². The largest absolute Gasteiger partial charge is 0.449 e. The highest BCUT2D eigenvalue weighted by Crippen LogP contribution is 2.43. The standard InChI is InChI=1S/C24H28N2O3/c1-17(27)26-22-12-11-21(25-23(28)29-16-18-7-6-8-18)15-19(22)13-14-24(26,2)20-9-4-3-5-10-20/h3-5,9-12,15,18H,6-8,13-14,16H2,1-2H3,(H,25,28). The minimum Gasteiger partial charge on any atom is -0.449 e. The van der Waals surface area contributed by atoms with E-state index in [0.29, 0.717) is 18.2 Å². The molecule has 152 valence electrons. The zero-order valence-electron chi connectivity index (χ0n) is 17.1. The summed E-state index contributed by atoms with van der Waals surface area (Å²) in [5, 5.41) is 2.83. The molecule has 4 rings (SSSR count). The maximum Gasteiger partial charge on any atom is 0.411 e. The van der Waals surface area contributed by atoms with Gasteiger partial charge in [-0.1, -0.05) is 36.8 Å². The maximum absolute atomic E-state index is 12.6. The molecule has 0 saturated heterocycles. The molecule has 1 unspecified atom stereocenters. The molecule has 1 fully saturated rings. The first-order valence-corrected chi connectivity index (χ1v) is 10.4. The van der Waals surface area contributed by atoms with Crippen LogP contribution in [0.4, 0.5) is 16.2 Å². The van der Waals surface area contributed by atoms with E-state index in [-0.39, 0.29) is 5.91 Å². The fourth-order valence-corrected chi connectivity index (χ4v) is 4.43. The Balaban J connectivity index is 1.54. The van der Waals surface area contributed by atoms with Gasteiger partial charge in [-0.25, -0.2) is 4.79 Å². The average molecular weight is 392 g/mol. The number of nitrogens with one attached hydrogen (secondary N) is 1. The molecule has 5 nitrogen and oxygen atoms in total. The van der Waals surface area contributed by atoms with Crippen molar-refractivity contribution in [2.24, 2.45) is 5.92 Å². The number of carbonyl (C=O) groups excluding carboxylic acids is 2. The van der Waals surface area contributed by atoms with Crippen molar-refractivity contribution >= 4 is 23.4 Å². The second kappa shape index (κ2) is 7.90. The number of hydrogen-bond acceptors (Lipinski definition) is 3. The Kier molecular flexibility index (Phi) is 5.31. The topological polar surface area (TPSA) is 58.6 Å². The Morgan fingerprint density at radius 3 is 2.59 bits per heavy atom. The summed E-state index contributed by atoms with van der Waals surface area (Å²) < 4.78 is 5.33. The number of anilines is 2. The van der Waals surface area contributed by atoms with Crippen molar-refractivity contribution in [3.63, 3.8) is 0 Å². The molecule has 0 bridgehead atoms. The predicted molar refractivity (Wildman–Crippen MR) is 114 cm³/mol. The van der Waals surface area contributed by atoms with Crippen molar-refractivity contribution in [1.82, 2.24) is 0 Å². The minimum absolute atomic E-state index is 0.0120. The molecule has 1 N–H and O–H groups in total. The third kappa shape index (κ3) is 3.86. The summed E-state index contributed by atoms with van der Waals surface area (Å²) in [6.07, 6.45) is 4.76. The molecule has 1 atom stereocenters. The molecule has 1 heterocycles. The quantitative estimate of drug-likeness (QED) is 0.773. The first kappa shape index (κ1) is 19.5. The number of carbonyl (C=O) groups is 2. The average Bonchev–Trinajstić information content (AvgIpc) is 2.67. The van der Waals surface area contributed by atoms with E-state index in [9.17, 15) is 9.59 Å². The van der Waals surface area contributed by atoms with Crippen LogP contribution in [0.15, 0.2) is 48.5 Å². The molecule has 2 aromatic carbocycles. The molecular formula is C24H28N2O3. The summed E-state index contributed by atoms with van der Waals surface area (Å²) in [4.78, 5) is 26.6. The van der Waals surface area contributed by atoms with Crippen LogP contribution in [-0.2, 0) is 21.5 Å². The number of fused-ring (bicyclic) bond motifs is 1. The lowest BCUT2D eigenvalue weighted by atomic mass is 9.80. The summed E-state index contributed by atoms with van der Waals surface area (Å²) in [5.41, 5.74) is 3.40. The predicted octanol–water partition coefficient (Wildman–Crippen LogP) is 5.25. The van der Waals surface area contributed by atoms with Gasteiger partial charge in [0.1, 0.15) is 0 Å². The first-order valence-electron chi connectivity index (χ1n) is 10.4. The van der Waals surface area contributed by atoms with E-state index in [1.807, 2.05) is 41.3 Å². The Hall–Kier alpha value is -2.82. The van der Waals surface area contributed by atoms with Crippen molar-refractivity contribution in [3.8, 4) is 0 Å². The lowest BCUT2D eigenvalue weighted by molar-refractivity contribution is -0.118. The van der Waals surface area contributed by atoms with Gasteiger partial charge in [0.15, 0.2) is 0 Å². The zero-order chi connectivity index (χ0) is 20.4. The molecule has 1 saturated carbocycles. The number of hydrogen-bond donors (Lipinski definition) is 1. The Bertz CT molecular complexity index is 908. The fourth-order valence-electron chi connectivity index (χ4n) is 4.43. The third-order valence-corrected chi connectivity index (χ3v) is 6.33. The van der Waals surface area contributed by atoms with Gasteiger partial charge >= 0.3 is 6.09 Å². The molecule has 1 aliphatic carbocycles. The van der Waals surface area contributed by atoms with Crippen LogP contribution in [0, 0.1) is 5.92 Å². The molecule has 29 heavy (non-hydrogen) atoms. The van der Waals surface area contributed by atoms with Crippen LogP contribution in [-0.4, -0.2) is 18.6 Å². The van der Waals surface area contributed by atoms with Crippen LogP contribution in [0.2, 0.25) is 0 Å². The van der Waals surface area contributed by atoms with Crippen molar-refractivity contribution in [2.75, 3.05) is 16.8 Å². The van der Waals surface area contributed by atoms with Gasteiger partial charge in [0.2, 0.25) is 5.91 Å². The van der Waals surface area contributed by atoms with Crippen molar-refractivity contribution in [3.05, 3.63) is 59.7 Å². The van der Waals surface area contributed by atoms with Crippen LogP contribution in [0.3, 0.4) is 0 Å². The summed E-state index contributed by atoms with van der Waals surface area (Å²) in [7, 11) is 0. The molecular weight excluding hydrogens is 364 g/mol. The van der Waals surface area contributed by atoms with Gasteiger partial charge < -0.3 is 9.64 Å². The monoisotopic (exact) mass is 392 g/mol. The lowest BCUT2D eigenvalue weighted by Crippen LogP contribution is -2.50. The van der Waals surface area contributed by atoms with Crippen LogP contribution in [0.1, 0.15) is 50.7 Å². The van der Waals surface area contributed by atoms with Gasteiger partial charge in [-0.2, -0.15) is 0 Å². The number of benzene rings is 2. The van der Waals surface area contributed by atoms with Crippen LogP contribution in [0.25, 0.3) is 0 Å². The molecule has 2 amide bonds. The van der Waals surface area contributed by atoms with Gasteiger partial charge in [-0.3, -0.25) is 10.1 Å². The molecule has 0 aromatic heterocycles. The van der Waals surface area contributed by atoms with Crippen molar-refractivity contribution in [1.29, 1.82) is 0 Å². The van der Waals surface area contributed by atoms with Crippen LogP contribution < -0.4 is 10.2 Å². The van der Waals surface area contributed by atoms with E-state index in [1.165, 1.54) is 6.42 Å². The van der Waals surface area contributed by atoms with Crippen LogP contribution >= 0.6 is 0 Å². The third-order valence-electron chi connectivity index (χ3n) is 6.33. The Morgan fingerprint density at radius 2 is 1.93 bits per heavy atom. The second-order valence-electron chi connectivity index (χ2n) is 8.36. The number of amides is 2. The highest BCUT2D eigenvalue weighted by Gasteiger charge is 2.40. The zero-order valence-corrected chi connectivity index (χ0v) is 17.1. The molecule has 1 aliphatic heterocycles. The second-order valence-corrected chi connectivity index (χ2v) is 8.36. The van der Waals surface area contributed by atoms with Gasteiger partial charge in [-0.05, 0) is 67.9 Å². The first-order chi connectivity index (χ1) is 14.0.